The van der Waals surface area contributed by atoms with Gasteiger partial charge in [-0.3, -0.25) is 0 Å². The van der Waals surface area contributed by atoms with E-state index in [2.05, 4.69) is 0 Å². The quantitative estimate of drug-likeness (QED) is 0.360. The van der Waals surface area contributed by atoms with Gasteiger partial charge in [-0.15, -0.1) is 0 Å². The summed E-state index contributed by atoms with van der Waals surface area (Å²) < 4.78 is 0. The maximum Gasteiger partial charge on any atom is 4.00 e. The van der Waals surface area contributed by atoms with Gasteiger partial charge in [0.05, 0.1) is 0 Å². The van der Waals surface area contributed by atoms with Crippen molar-refractivity contribution < 1.29 is 61.3 Å². The van der Waals surface area contributed by atoms with Crippen LogP contribution in [0.3, 0.4) is 0 Å². The number of nitrogens with zero attached hydrogens (tertiary/aromatic N) is 4. The monoisotopic (exact) mass is 512 g/mol. The number of rotatable bonds is 8. The molecule has 33 heavy (non-hydrogen) atoms. The molecule has 4 amide bonds. The summed E-state index contributed by atoms with van der Waals surface area (Å²) in [6.45, 7) is 18.3. The fourth-order valence-corrected chi connectivity index (χ4v) is 1.93. The van der Waals surface area contributed by atoms with Gasteiger partial charge >= 0.3 is 21.7 Å². The summed E-state index contributed by atoms with van der Waals surface area (Å²) in [7, 11) is 0. The zero-order chi connectivity index (χ0) is 26.3. The molecule has 0 aromatic carbocycles. The summed E-state index contributed by atoms with van der Waals surface area (Å²) in [6, 6.07) is 0. The molecule has 0 aromatic heterocycles. The van der Waals surface area contributed by atoms with Gasteiger partial charge in [-0.2, -0.15) is 0 Å². The van der Waals surface area contributed by atoms with Gasteiger partial charge in [0, 0.05) is 52.4 Å². The fourth-order valence-electron chi connectivity index (χ4n) is 1.93. The van der Waals surface area contributed by atoms with Gasteiger partial charge in [0.2, 0.25) is 0 Å². The first-order chi connectivity index (χ1) is 14.9. The molecule has 0 saturated heterocycles. The third kappa shape index (κ3) is 25.9. The summed E-state index contributed by atoms with van der Waals surface area (Å²) in [6.07, 6.45) is -4.35. The Hall–Kier alpha value is -2.21. The summed E-state index contributed by atoms with van der Waals surface area (Å²) in [5.41, 5.74) is 0. The molecule has 0 aliphatic carbocycles. The Balaban J connectivity index is -0.000000105. The van der Waals surface area contributed by atoms with Gasteiger partial charge in [-0.05, 0) is 55.4 Å². The van der Waals surface area contributed by atoms with E-state index < -0.39 is 24.4 Å². The minimum atomic E-state index is -1.09. The molecule has 0 aliphatic heterocycles. The first-order valence-electron chi connectivity index (χ1n) is 10.7. The van der Waals surface area contributed by atoms with Crippen molar-refractivity contribution >= 4 is 24.4 Å². The molecule has 0 heterocycles. The molecule has 0 saturated carbocycles. The van der Waals surface area contributed by atoms with E-state index in [0.29, 0.717) is 52.4 Å². The second-order valence-electron chi connectivity index (χ2n) is 5.75. The van der Waals surface area contributed by atoms with E-state index in [4.69, 9.17) is 0 Å². The van der Waals surface area contributed by atoms with E-state index in [1.807, 2.05) is 0 Å². The topological polar surface area (TPSA) is 173 Å². The Labute approximate surface area is 213 Å². The normalized spacial score (nSPS) is 8.48. The summed E-state index contributed by atoms with van der Waals surface area (Å²) in [4.78, 5) is 44.8. The Morgan fingerprint density at radius 2 is 0.485 bits per heavy atom. The molecular weight excluding hydrogens is 472 g/mol. The number of carbonyl (C=O) groups is 4. The number of carbonyl (C=O) groups excluding carboxylic acids is 4. The van der Waals surface area contributed by atoms with Gasteiger partial charge in [0.1, 0.15) is 24.4 Å². The van der Waals surface area contributed by atoms with E-state index in [1.54, 1.807) is 55.4 Å². The Bertz CT molecular complexity index is 408. The minimum absolute atomic E-state index is 0. The molecular formula is C20H40N4O8Ti. The van der Waals surface area contributed by atoms with Gasteiger partial charge in [0.25, 0.3) is 0 Å². The largest absolute Gasteiger partial charge is 4.00 e. The zero-order valence-electron chi connectivity index (χ0n) is 21.2. The number of hydrogen-bond acceptors (Lipinski definition) is 8. The molecule has 0 atom stereocenters. The van der Waals surface area contributed by atoms with Crippen molar-refractivity contribution in [3.8, 4) is 0 Å². The van der Waals surface area contributed by atoms with E-state index >= 15 is 0 Å². The second kappa shape index (κ2) is 27.8. The van der Waals surface area contributed by atoms with Crippen molar-refractivity contribution in [2.24, 2.45) is 0 Å². The zero-order valence-corrected chi connectivity index (χ0v) is 22.8. The molecule has 0 rings (SSSR count). The molecule has 192 valence electrons. The van der Waals surface area contributed by atoms with Crippen LogP contribution in [0.2, 0.25) is 0 Å². The Kier molecular flexibility index (Phi) is 34.6. The first kappa shape index (κ1) is 41.1. The predicted molar refractivity (Wildman–Crippen MR) is 113 cm³/mol. The maximum atomic E-state index is 9.98. The molecule has 0 radical (unpaired) electrons. The number of amides is 4. The van der Waals surface area contributed by atoms with Crippen LogP contribution in [0.5, 0.6) is 0 Å². The molecule has 0 fully saturated rings. The van der Waals surface area contributed by atoms with Gasteiger partial charge < -0.3 is 59.2 Å². The summed E-state index contributed by atoms with van der Waals surface area (Å²) in [5.74, 6) is 0. The summed E-state index contributed by atoms with van der Waals surface area (Å²) in [5, 5.41) is 39.9. The smallest absolute Gasteiger partial charge is 0.530 e. The van der Waals surface area contributed by atoms with E-state index in [0.717, 1.165) is 0 Å². The van der Waals surface area contributed by atoms with Gasteiger partial charge in [-0.25, -0.2) is 0 Å². The standard InChI is InChI=1S/4C5H11NO2.Ti/c4*1-3-6(4-2)5(7)8;/h4*3-4H2,1-2H3,(H,7,8);/q;;;;+4/p-4. The minimum Gasteiger partial charge on any atom is -0.530 e. The molecule has 0 unspecified atom stereocenters. The third-order valence-electron chi connectivity index (χ3n) is 4.09. The van der Waals surface area contributed by atoms with Crippen LogP contribution >= 0.6 is 0 Å². The first-order valence-corrected chi connectivity index (χ1v) is 10.7. The Morgan fingerprint density at radius 1 is 0.394 bits per heavy atom. The van der Waals surface area contributed by atoms with Crippen molar-refractivity contribution in [3.63, 3.8) is 0 Å². The molecule has 12 nitrogen and oxygen atoms in total. The van der Waals surface area contributed by atoms with Crippen LogP contribution in [-0.4, -0.2) is 96.3 Å². The SMILES string of the molecule is CCN(CC)C(=O)[O-].CCN(CC)C(=O)[O-].CCN(CC)C(=O)[O-].CCN(CC)C(=O)[O-].[Ti+4]. The van der Waals surface area contributed by atoms with Crippen LogP contribution in [0.4, 0.5) is 19.2 Å². The van der Waals surface area contributed by atoms with Gasteiger partial charge in [0.15, 0.2) is 0 Å². The van der Waals surface area contributed by atoms with Gasteiger partial charge in [-0.1, -0.05) is 0 Å². The average molecular weight is 512 g/mol. The third-order valence-corrected chi connectivity index (χ3v) is 4.09. The second-order valence-corrected chi connectivity index (χ2v) is 5.75. The predicted octanol–water partition coefficient (Wildman–Crippen LogP) is -1.32. The number of carboxylic acid groups (broad SMARTS) is 4. The Morgan fingerprint density at radius 3 is 0.485 bits per heavy atom. The molecule has 0 aromatic rings. The van der Waals surface area contributed by atoms with Crippen LogP contribution in [-0.2, 0) is 21.7 Å². The van der Waals surface area contributed by atoms with Crippen LogP contribution in [0.25, 0.3) is 0 Å². The molecule has 13 heteroatoms. The maximum absolute atomic E-state index is 9.98. The summed E-state index contributed by atoms with van der Waals surface area (Å²) >= 11 is 0. The van der Waals surface area contributed by atoms with Crippen LogP contribution in [0.1, 0.15) is 55.4 Å². The molecule has 0 spiro atoms. The van der Waals surface area contributed by atoms with E-state index in [9.17, 15) is 39.6 Å². The van der Waals surface area contributed by atoms with Crippen LogP contribution < -0.4 is 20.4 Å². The molecule has 0 aliphatic rings. The van der Waals surface area contributed by atoms with Crippen molar-refractivity contribution in [2.75, 3.05) is 52.4 Å². The van der Waals surface area contributed by atoms with E-state index in [-0.39, 0.29) is 21.7 Å². The van der Waals surface area contributed by atoms with E-state index in [1.165, 1.54) is 19.6 Å². The molecule has 0 bridgehead atoms. The average Bonchev–Trinajstić information content (AvgIpc) is 2.72. The molecule has 0 N–H and O–H groups in total. The van der Waals surface area contributed by atoms with Crippen molar-refractivity contribution in [3.05, 3.63) is 0 Å². The van der Waals surface area contributed by atoms with Crippen molar-refractivity contribution in [1.82, 2.24) is 19.6 Å². The van der Waals surface area contributed by atoms with Crippen LogP contribution in [0.15, 0.2) is 0 Å². The van der Waals surface area contributed by atoms with Crippen molar-refractivity contribution in [2.45, 2.75) is 55.4 Å². The van der Waals surface area contributed by atoms with Crippen molar-refractivity contribution in [1.29, 1.82) is 0 Å². The number of hydrogen-bond donors (Lipinski definition) is 0. The fraction of sp³-hybridized carbons (Fsp3) is 0.800. The van der Waals surface area contributed by atoms with Crippen LogP contribution in [0, 0.1) is 0 Å².